The summed E-state index contributed by atoms with van der Waals surface area (Å²) in [7, 11) is 0. The van der Waals surface area contributed by atoms with Gasteiger partial charge in [0, 0.05) is 6.20 Å². The number of ether oxygens (including phenoxy) is 1. The lowest BCUT2D eigenvalue weighted by Gasteiger charge is -2.09. The monoisotopic (exact) mass is 418 g/mol. The molecule has 3 aromatic rings. The summed E-state index contributed by atoms with van der Waals surface area (Å²) < 4.78 is 11.3. The van der Waals surface area contributed by atoms with Crippen LogP contribution in [-0.4, -0.2) is 26.3 Å². The van der Waals surface area contributed by atoms with E-state index in [1.165, 1.54) is 6.20 Å². The van der Waals surface area contributed by atoms with Gasteiger partial charge in [0.05, 0.1) is 10.3 Å². The standard InChI is InChI=1S/C19H19ClN4O3S/c1-11-4-5-12(2)15(8-11)26-10-17-23-24-19(27-17)28-13(3)18(25)22-16-7-6-14(20)9-21-16/h4-9,13H,10H2,1-3H3,(H,21,22,25). The van der Waals surface area contributed by atoms with Crippen LogP contribution in [0.15, 0.2) is 46.2 Å². The maximum Gasteiger partial charge on any atom is 0.277 e. The van der Waals surface area contributed by atoms with Crippen molar-refractivity contribution < 1.29 is 13.9 Å². The molecule has 0 saturated carbocycles. The summed E-state index contributed by atoms with van der Waals surface area (Å²) in [5.41, 5.74) is 2.14. The highest BCUT2D eigenvalue weighted by Crippen LogP contribution is 2.24. The van der Waals surface area contributed by atoms with E-state index >= 15 is 0 Å². The van der Waals surface area contributed by atoms with Crippen LogP contribution >= 0.6 is 23.4 Å². The predicted molar refractivity (Wildman–Crippen MR) is 108 cm³/mol. The van der Waals surface area contributed by atoms with Gasteiger partial charge in [-0.2, -0.15) is 0 Å². The van der Waals surface area contributed by atoms with Gasteiger partial charge in [0.15, 0.2) is 6.61 Å². The third kappa shape index (κ3) is 5.46. The molecule has 2 aromatic heterocycles. The molecule has 1 aromatic carbocycles. The van der Waals surface area contributed by atoms with Gasteiger partial charge in [-0.15, -0.1) is 10.2 Å². The van der Waals surface area contributed by atoms with Crippen molar-refractivity contribution >= 4 is 35.1 Å². The minimum absolute atomic E-state index is 0.160. The number of hydrogen-bond acceptors (Lipinski definition) is 7. The number of carbonyl (C=O) groups excluding carboxylic acids is 1. The zero-order chi connectivity index (χ0) is 20.1. The summed E-state index contributed by atoms with van der Waals surface area (Å²) in [6.07, 6.45) is 1.47. The minimum atomic E-state index is -0.453. The topological polar surface area (TPSA) is 90.1 Å². The van der Waals surface area contributed by atoms with Crippen LogP contribution < -0.4 is 10.1 Å². The molecule has 1 amide bonds. The minimum Gasteiger partial charge on any atom is -0.484 e. The molecule has 0 aliphatic heterocycles. The van der Waals surface area contributed by atoms with Crippen LogP contribution in [0.2, 0.25) is 5.02 Å². The van der Waals surface area contributed by atoms with Crippen LogP contribution in [0.3, 0.4) is 0 Å². The number of halogens is 1. The lowest BCUT2D eigenvalue weighted by Crippen LogP contribution is -2.22. The van der Waals surface area contributed by atoms with Crippen molar-refractivity contribution in [3.05, 3.63) is 58.6 Å². The van der Waals surface area contributed by atoms with Crippen LogP contribution in [0.5, 0.6) is 5.75 Å². The van der Waals surface area contributed by atoms with Crippen molar-refractivity contribution in [2.24, 2.45) is 0 Å². The van der Waals surface area contributed by atoms with E-state index in [1.54, 1.807) is 19.1 Å². The van der Waals surface area contributed by atoms with Gasteiger partial charge in [0.25, 0.3) is 11.1 Å². The van der Waals surface area contributed by atoms with Crippen LogP contribution in [0.4, 0.5) is 5.82 Å². The number of amides is 1. The highest BCUT2D eigenvalue weighted by atomic mass is 35.5. The fraction of sp³-hybridized carbons (Fsp3) is 0.263. The quantitative estimate of drug-likeness (QED) is 0.567. The van der Waals surface area contributed by atoms with Gasteiger partial charge in [0.2, 0.25) is 5.91 Å². The summed E-state index contributed by atoms with van der Waals surface area (Å²) in [6, 6.07) is 9.26. The maximum absolute atomic E-state index is 12.3. The van der Waals surface area contributed by atoms with E-state index in [0.29, 0.717) is 22.0 Å². The third-order valence-corrected chi connectivity index (χ3v) is 4.93. The fourth-order valence-electron chi connectivity index (χ4n) is 2.23. The van der Waals surface area contributed by atoms with Crippen LogP contribution in [-0.2, 0) is 11.4 Å². The SMILES string of the molecule is Cc1ccc(C)c(OCc2nnc(SC(C)C(=O)Nc3ccc(Cl)cn3)o2)c1. The second kappa shape index (κ2) is 9.07. The number of thioether (sulfide) groups is 1. The molecule has 1 unspecified atom stereocenters. The summed E-state index contributed by atoms with van der Waals surface area (Å²) in [5, 5.41) is 11.0. The third-order valence-electron chi connectivity index (χ3n) is 3.77. The van der Waals surface area contributed by atoms with Crippen LogP contribution in [0.1, 0.15) is 23.9 Å². The summed E-state index contributed by atoms with van der Waals surface area (Å²) in [6.45, 7) is 5.87. The van der Waals surface area contributed by atoms with Gasteiger partial charge < -0.3 is 14.5 Å². The Morgan fingerprint density at radius 1 is 1.29 bits per heavy atom. The molecule has 0 fully saturated rings. The number of nitrogens with zero attached hydrogens (tertiary/aromatic N) is 3. The van der Waals surface area contributed by atoms with Crippen molar-refractivity contribution in [3.8, 4) is 5.75 Å². The first kappa shape index (κ1) is 20.2. The first-order valence-corrected chi connectivity index (χ1v) is 9.78. The molecule has 0 aliphatic rings. The molecular formula is C19H19ClN4O3S. The zero-order valence-electron chi connectivity index (χ0n) is 15.6. The summed E-state index contributed by atoms with van der Waals surface area (Å²) in [4.78, 5) is 16.3. The molecule has 1 N–H and O–H groups in total. The van der Waals surface area contributed by atoms with E-state index in [4.69, 9.17) is 20.8 Å². The van der Waals surface area contributed by atoms with E-state index in [2.05, 4.69) is 20.5 Å². The van der Waals surface area contributed by atoms with Gasteiger partial charge >= 0.3 is 0 Å². The van der Waals surface area contributed by atoms with Crippen molar-refractivity contribution in [1.29, 1.82) is 0 Å². The second-order valence-corrected chi connectivity index (χ2v) is 7.86. The summed E-state index contributed by atoms with van der Waals surface area (Å²) in [5.74, 6) is 1.31. The van der Waals surface area contributed by atoms with E-state index in [-0.39, 0.29) is 12.5 Å². The Bertz CT molecular complexity index is 962. The van der Waals surface area contributed by atoms with E-state index < -0.39 is 5.25 Å². The van der Waals surface area contributed by atoms with E-state index in [1.807, 2.05) is 32.0 Å². The largest absolute Gasteiger partial charge is 0.484 e. The molecule has 9 heteroatoms. The molecule has 2 heterocycles. The number of aryl methyl sites for hydroxylation is 2. The predicted octanol–water partition coefficient (Wildman–Crippen LogP) is 4.43. The lowest BCUT2D eigenvalue weighted by molar-refractivity contribution is -0.115. The van der Waals surface area contributed by atoms with Gasteiger partial charge in [-0.25, -0.2) is 4.98 Å². The number of aromatic nitrogens is 3. The van der Waals surface area contributed by atoms with Gasteiger partial charge in [0.1, 0.15) is 11.6 Å². The molecule has 7 nitrogen and oxygen atoms in total. The molecule has 146 valence electrons. The Kier molecular flexibility index (Phi) is 6.53. The number of benzene rings is 1. The average Bonchev–Trinajstić information content (AvgIpc) is 3.11. The Labute approximate surface area is 171 Å². The molecule has 3 rings (SSSR count). The highest BCUT2D eigenvalue weighted by Gasteiger charge is 2.19. The Morgan fingerprint density at radius 3 is 2.86 bits per heavy atom. The summed E-state index contributed by atoms with van der Waals surface area (Å²) >= 11 is 6.94. The molecule has 0 saturated heterocycles. The number of nitrogens with one attached hydrogen (secondary N) is 1. The molecule has 28 heavy (non-hydrogen) atoms. The zero-order valence-corrected chi connectivity index (χ0v) is 17.2. The molecule has 0 aliphatic carbocycles. The number of anilines is 1. The van der Waals surface area contributed by atoms with Gasteiger partial charge in [-0.1, -0.05) is 35.5 Å². The highest BCUT2D eigenvalue weighted by molar-refractivity contribution is 8.00. The van der Waals surface area contributed by atoms with E-state index in [0.717, 1.165) is 28.6 Å². The average molecular weight is 419 g/mol. The van der Waals surface area contributed by atoms with Crippen molar-refractivity contribution in [2.45, 2.75) is 37.9 Å². The number of carbonyl (C=O) groups is 1. The number of pyridine rings is 1. The first-order chi connectivity index (χ1) is 13.4. The Balaban J connectivity index is 1.54. The molecular weight excluding hydrogens is 400 g/mol. The molecule has 0 bridgehead atoms. The second-order valence-electron chi connectivity index (χ2n) is 6.13. The Morgan fingerprint density at radius 2 is 2.11 bits per heavy atom. The molecule has 0 spiro atoms. The van der Waals surface area contributed by atoms with E-state index in [9.17, 15) is 4.79 Å². The fourth-order valence-corrected chi connectivity index (χ4v) is 3.04. The normalized spacial score (nSPS) is 11.9. The number of hydrogen-bond donors (Lipinski definition) is 1. The van der Waals surface area contributed by atoms with Gasteiger partial charge in [-0.3, -0.25) is 4.79 Å². The first-order valence-electron chi connectivity index (χ1n) is 8.52. The van der Waals surface area contributed by atoms with Crippen LogP contribution in [0.25, 0.3) is 0 Å². The van der Waals surface area contributed by atoms with Crippen molar-refractivity contribution in [3.63, 3.8) is 0 Å². The van der Waals surface area contributed by atoms with Crippen molar-refractivity contribution in [1.82, 2.24) is 15.2 Å². The maximum atomic E-state index is 12.3. The van der Waals surface area contributed by atoms with Crippen LogP contribution in [0, 0.1) is 13.8 Å². The Hall–Kier alpha value is -2.58. The van der Waals surface area contributed by atoms with Gasteiger partial charge in [-0.05, 0) is 50.1 Å². The molecule has 0 radical (unpaired) electrons. The smallest absolute Gasteiger partial charge is 0.277 e. The number of rotatable bonds is 7. The molecule has 1 atom stereocenters. The lowest BCUT2D eigenvalue weighted by atomic mass is 10.1. The van der Waals surface area contributed by atoms with Crippen molar-refractivity contribution in [2.75, 3.05) is 5.32 Å².